The van der Waals surface area contributed by atoms with Crippen molar-refractivity contribution in [2.45, 2.75) is 13.0 Å². The Balaban J connectivity index is 1.46. The van der Waals surface area contributed by atoms with Gasteiger partial charge in [-0.3, -0.25) is 0 Å². The largest absolute Gasteiger partial charge is 0.351 e. The van der Waals surface area contributed by atoms with Crippen molar-refractivity contribution in [3.8, 4) is 0 Å². The first-order valence-corrected chi connectivity index (χ1v) is 7.77. The zero-order valence-corrected chi connectivity index (χ0v) is 12.8. The molecule has 1 aliphatic rings. The highest BCUT2D eigenvalue weighted by atomic mass is 15.3. The van der Waals surface area contributed by atoms with Gasteiger partial charge in [0.1, 0.15) is 5.52 Å². The van der Waals surface area contributed by atoms with Crippen LogP contribution in [0.25, 0.3) is 16.6 Å². The van der Waals surface area contributed by atoms with Crippen LogP contribution in [0, 0.1) is 6.92 Å². The second-order valence-corrected chi connectivity index (χ2v) is 6.07. The minimum absolute atomic E-state index is 0.438. The molecule has 0 N–H and O–H groups in total. The summed E-state index contributed by atoms with van der Waals surface area (Å²) in [7, 11) is 0. The summed E-state index contributed by atoms with van der Waals surface area (Å²) in [5.74, 6) is 1.01. The van der Waals surface area contributed by atoms with Crippen LogP contribution >= 0.6 is 0 Å². The van der Waals surface area contributed by atoms with Crippen LogP contribution in [0.4, 0.5) is 5.82 Å². The maximum atomic E-state index is 4.56. The van der Waals surface area contributed by atoms with Gasteiger partial charge in [-0.15, -0.1) is 0 Å². The first-order valence-electron chi connectivity index (χ1n) is 7.77. The monoisotopic (exact) mass is 304 g/mol. The van der Waals surface area contributed by atoms with E-state index in [2.05, 4.69) is 48.8 Å². The molecule has 1 saturated heterocycles. The number of hydrogen-bond acceptors (Lipinski definition) is 4. The number of anilines is 1. The Morgan fingerprint density at radius 1 is 1.09 bits per heavy atom. The third-order valence-electron chi connectivity index (χ3n) is 4.53. The van der Waals surface area contributed by atoms with Gasteiger partial charge in [-0.2, -0.15) is 5.10 Å². The molecule has 0 bridgehead atoms. The average Bonchev–Trinajstić information content (AvgIpc) is 3.09. The van der Waals surface area contributed by atoms with Crippen LogP contribution in [-0.2, 0) is 0 Å². The van der Waals surface area contributed by atoms with Crippen molar-refractivity contribution in [3.63, 3.8) is 0 Å². The molecular formula is C17H16N6. The number of para-hydroxylation sites is 2. The predicted octanol–water partition coefficient (Wildman–Crippen LogP) is 2.45. The maximum Gasteiger partial charge on any atom is 0.154 e. The summed E-state index contributed by atoms with van der Waals surface area (Å²) < 4.78 is 4.17. The Labute approximate surface area is 133 Å². The van der Waals surface area contributed by atoms with E-state index >= 15 is 0 Å². The summed E-state index contributed by atoms with van der Waals surface area (Å²) in [6.45, 7) is 3.89. The second kappa shape index (κ2) is 4.55. The van der Waals surface area contributed by atoms with Gasteiger partial charge in [0, 0.05) is 25.5 Å². The molecule has 0 unspecified atom stereocenters. The van der Waals surface area contributed by atoms with Crippen LogP contribution < -0.4 is 4.90 Å². The fraction of sp³-hybridized carbons (Fsp3) is 0.235. The SMILES string of the molecule is Cc1cc2c(N3CC(n4cnc5ccccc54)C3)nccn2n1. The molecule has 1 fully saturated rings. The molecule has 0 spiro atoms. The van der Waals surface area contributed by atoms with E-state index < -0.39 is 0 Å². The molecule has 4 heterocycles. The van der Waals surface area contributed by atoms with Crippen molar-refractivity contribution in [1.82, 2.24) is 24.1 Å². The van der Waals surface area contributed by atoms with E-state index in [1.807, 2.05) is 36.2 Å². The summed E-state index contributed by atoms with van der Waals surface area (Å²) in [4.78, 5) is 11.3. The standard InChI is InChI=1S/C17H16N6/c1-12-8-16-17(18-6-7-23(16)20-12)21-9-13(10-21)22-11-19-14-4-2-3-5-15(14)22/h2-8,11,13H,9-10H2,1H3. The Hall–Kier alpha value is -2.89. The summed E-state index contributed by atoms with van der Waals surface area (Å²) in [5, 5.41) is 4.46. The Bertz CT molecular complexity index is 1010. The summed E-state index contributed by atoms with van der Waals surface area (Å²) in [5.41, 5.74) is 4.33. The number of nitrogens with zero attached hydrogens (tertiary/aromatic N) is 6. The van der Waals surface area contributed by atoms with E-state index in [1.54, 1.807) is 0 Å². The highest BCUT2D eigenvalue weighted by Gasteiger charge is 2.31. The maximum absolute atomic E-state index is 4.56. The lowest BCUT2D eigenvalue weighted by Gasteiger charge is -2.41. The highest BCUT2D eigenvalue weighted by molar-refractivity contribution is 5.76. The first-order chi connectivity index (χ1) is 11.3. The van der Waals surface area contributed by atoms with Gasteiger partial charge < -0.3 is 9.47 Å². The smallest absolute Gasteiger partial charge is 0.154 e. The van der Waals surface area contributed by atoms with Crippen LogP contribution in [0.3, 0.4) is 0 Å². The molecule has 0 aliphatic carbocycles. The number of aryl methyl sites for hydroxylation is 1. The van der Waals surface area contributed by atoms with Crippen molar-refractivity contribution >= 4 is 22.4 Å². The molecule has 0 radical (unpaired) electrons. The van der Waals surface area contributed by atoms with Crippen molar-refractivity contribution in [3.05, 3.63) is 54.7 Å². The normalized spacial score (nSPS) is 15.4. The van der Waals surface area contributed by atoms with E-state index in [1.165, 1.54) is 5.52 Å². The highest BCUT2D eigenvalue weighted by Crippen LogP contribution is 2.31. The molecular weight excluding hydrogens is 288 g/mol. The Morgan fingerprint density at radius 3 is 2.87 bits per heavy atom. The van der Waals surface area contributed by atoms with Crippen LogP contribution in [0.15, 0.2) is 49.1 Å². The predicted molar refractivity (Wildman–Crippen MR) is 88.7 cm³/mol. The van der Waals surface area contributed by atoms with Crippen molar-refractivity contribution in [1.29, 1.82) is 0 Å². The number of aromatic nitrogens is 5. The average molecular weight is 304 g/mol. The lowest BCUT2D eigenvalue weighted by Crippen LogP contribution is -2.48. The molecule has 4 aromatic rings. The van der Waals surface area contributed by atoms with Gasteiger partial charge in [0.05, 0.1) is 29.1 Å². The van der Waals surface area contributed by atoms with Gasteiger partial charge >= 0.3 is 0 Å². The molecule has 1 aromatic carbocycles. The quantitative estimate of drug-likeness (QED) is 0.571. The molecule has 3 aromatic heterocycles. The summed E-state index contributed by atoms with van der Waals surface area (Å²) in [6, 6.07) is 10.8. The van der Waals surface area contributed by atoms with Gasteiger partial charge in [0.25, 0.3) is 0 Å². The molecule has 0 saturated carbocycles. The second-order valence-electron chi connectivity index (χ2n) is 6.07. The third kappa shape index (κ3) is 1.84. The van der Waals surface area contributed by atoms with Gasteiger partial charge in [0.15, 0.2) is 5.82 Å². The van der Waals surface area contributed by atoms with Crippen LogP contribution in [0.5, 0.6) is 0 Å². The summed E-state index contributed by atoms with van der Waals surface area (Å²) in [6.07, 6.45) is 5.66. The van der Waals surface area contributed by atoms with Crippen LogP contribution in [0.1, 0.15) is 11.7 Å². The molecule has 23 heavy (non-hydrogen) atoms. The van der Waals surface area contributed by atoms with Crippen molar-refractivity contribution in [2.24, 2.45) is 0 Å². The minimum atomic E-state index is 0.438. The number of benzene rings is 1. The van der Waals surface area contributed by atoms with Gasteiger partial charge in [-0.25, -0.2) is 14.5 Å². The van der Waals surface area contributed by atoms with E-state index in [0.717, 1.165) is 35.6 Å². The number of imidazole rings is 1. The van der Waals surface area contributed by atoms with E-state index in [-0.39, 0.29) is 0 Å². The van der Waals surface area contributed by atoms with E-state index in [9.17, 15) is 0 Å². The topological polar surface area (TPSA) is 51.2 Å². The minimum Gasteiger partial charge on any atom is -0.351 e. The van der Waals surface area contributed by atoms with Gasteiger partial charge in [-0.1, -0.05) is 12.1 Å². The van der Waals surface area contributed by atoms with E-state index in [0.29, 0.717) is 6.04 Å². The first kappa shape index (κ1) is 12.6. The summed E-state index contributed by atoms with van der Waals surface area (Å²) >= 11 is 0. The number of fused-ring (bicyclic) bond motifs is 2. The van der Waals surface area contributed by atoms with Crippen molar-refractivity contribution < 1.29 is 0 Å². The van der Waals surface area contributed by atoms with Gasteiger partial charge in [-0.05, 0) is 25.1 Å². The number of rotatable bonds is 2. The van der Waals surface area contributed by atoms with Crippen LogP contribution in [-0.4, -0.2) is 37.2 Å². The van der Waals surface area contributed by atoms with Crippen LogP contribution in [0.2, 0.25) is 0 Å². The molecule has 0 amide bonds. The Morgan fingerprint density at radius 2 is 1.96 bits per heavy atom. The fourth-order valence-electron chi connectivity index (χ4n) is 3.35. The zero-order chi connectivity index (χ0) is 15.4. The van der Waals surface area contributed by atoms with Crippen molar-refractivity contribution in [2.75, 3.05) is 18.0 Å². The third-order valence-corrected chi connectivity index (χ3v) is 4.53. The molecule has 6 nitrogen and oxygen atoms in total. The molecule has 1 aliphatic heterocycles. The molecule has 114 valence electrons. The number of hydrogen-bond donors (Lipinski definition) is 0. The Kier molecular flexibility index (Phi) is 2.50. The lowest BCUT2D eigenvalue weighted by atomic mass is 10.1. The van der Waals surface area contributed by atoms with Gasteiger partial charge in [0.2, 0.25) is 0 Å². The molecule has 6 heteroatoms. The van der Waals surface area contributed by atoms with E-state index in [4.69, 9.17) is 0 Å². The zero-order valence-electron chi connectivity index (χ0n) is 12.8. The molecule has 5 rings (SSSR count). The molecule has 0 atom stereocenters. The lowest BCUT2D eigenvalue weighted by molar-refractivity contribution is 0.406. The fourth-order valence-corrected chi connectivity index (χ4v) is 3.35.